The van der Waals surface area contributed by atoms with Crippen molar-refractivity contribution >= 4 is 0 Å². The van der Waals surface area contributed by atoms with Crippen LogP contribution in [0.15, 0.2) is 0 Å². The third-order valence-corrected chi connectivity index (χ3v) is 2.13. The van der Waals surface area contributed by atoms with Crippen molar-refractivity contribution in [2.75, 3.05) is 6.54 Å². The van der Waals surface area contributed by atoms with Gasteiger partial charge in [-0.15, -0.1) is 0 Å². The topological polar surface area (TPSA) is 35.8 Å². The molecule has 0 spiro atoms. The molecule has 0 aromatic heterocycles. The van der Waals surface area contributed by atoms with Gasteiger partial charge in [0, 0.05) is 0 Å². The molecule has 0 heterocycles. The molecule has 2 nitrogen and oxygen atoms in total. The lowest BCUT2D eigenvalue weighted by Crippen LogP contribution is -2.32. The molecule has 1 rings (SSSR count). The Morgan fingerprint density at radius 1 is 1.70 bits per heavy atom. The fourth-order valence-corrected chi connectivity index (χ4v) is 1.09. The first-order chi connectivity index (χ1) is 4.83. The highest BCUT2D eigenvalue weighted by molar-refractivity contribution is 4.86. The minimum Gasteiger partial charge on any atom is -0.302 e. The third kappa shape index (κ3) is 2.00. The number of nitrogens with one attached hydrogen (secondary N) is 1. The van der Waals surface area contributed by atoms with Gasteiger partial charge in [0.15, 0.2) is 0 Å². The molecule has 1 fully saturated rings. The molecule has 1 N–H and O–H groups in total. The normalized spacial score (nSPS) is 21.2. The maximum absolute atomic E-state index is 8.43. The van der Waals surface area contributed by atoms with E-state index in [1.54, 1.807) is 0 Å². The minimum absolute atomic E-state index is 0.0283. The van der Waals surface area contributed by atoms with Crippen molar-refractivity contribution in [3.8, 4) is 6.07 Å². The third-order valence-electron chi connectivity index (χ3n) is 2.13. The van der Waals surface area contributed by atoms with E-state index in [2.05, 4.69) is 11.4 Å². The number of nitriles is 1. The Balaban J connectivity index is 1.99. The molecular formula is C8H14N2. The second kappa shape index (κ2) is 3.58. The zero-order chi connectivity index (χ0) is 7.40. The Morgan fingerprint density at radius 2 is 2.40 bits per heavy atom. The van der Waals surface area contributed by atoms with Crippen molar-refractivity contribution in [2.45, 2.75) is 32.2 Å². The minimum atomic E-state index is 0.0283. The van der Waals surface area contributed by atoms with E-state index in [0.29, 0.717) is 0 Å². The molecule has 0 bridgehead atoms. The lowest BCUT2D eigenvalue weighted by molar-refractivity contribution is 0.298. The van der Waals surface area contributed by atoms with E-state index in [0.717, 1.165) is 12.5 Å². The van der Waals surface area contributed by atoms with Gasteiger partial charge in [-0.1, -0.05) is 6.42 Å². The Kier molecular flexibility index (Phi) is 2.70. The Morgan fingerprint density at radius 3 is 2.80 bits per heavy atom. The first-order valence-corrected chi connectivity index (χ1v) is 3.96. The maximum Gasteiger partial charge on any atom is 0.0924 e. The summed E-state index contributed by atoms with van der Waals surface area (Å²) in [6, 6.07) is 2.19. The van der Waals surface area contributed by atoms with Gasteiger partial charge in [0.25, 0.3) is 0 Å². The molecule has 0 aromatic carbocycles. The van der Waals surface area contributed by atoms with Gasteiger partial charge in [-0.3, -0.25) is 0 Å². The lowest BCUT2D eigenvalue weighted by Gasteiger charge is -2.25. The molecule has 1 aliphatic carbocycles. The lowest BCUT2D eigenvalue weighted by atomic mass is 9.85. The maximum atomic E-state index is 8.43. The molecule has 10 heavy (non-hydrogen) atoms. The molecule has 0 radical (unpaired) electrons. The van der Waals surface area contributed by atoms with Crippen LogP contribution in [0.3, 0.4) is 0 Å². The smallest absolute Gasteiger partial charge is 0.0924 e. The Hall–Kier alpha value is -0.550. The van der Waals surface area contributed by atoms with Crippen molar-refractivity contribution in [1.82, 2.24) is 5.32 Å². The van der Waals surface area contributed by atoms with E-state index in [1.165, 1.54) is 19.3 Å². The van der Waals surface area contributed by atoms with Crippen LogP contribution in [0.5, 0.6) is 0 Å². The monoisotopic (exact) mass is 138 g/mol. The van der Waals surface area contributed by atoms with E-state index in [-0.39, 0.29) is 6.04 Å². The second-order valence-electron chi connectivity index (χ2n) is 3.06. The number of hydrogen-bond acceptors (Lipinski definition) is 2. The van der Waals surface area contributed by atoms with Crippen molar-refractivity contribution < 1.29 is 0 Å². The Bertz CT molecular complexity index is 133. The van der Waals surface area contributed by atoms with Gasteiger partial charge in [0.1, 0.15) is 0 Å². The van der Waals surface area contributed by atoms with E-state index in [4.69, 9.17) is 5.26 Å². The molecule has 2 heteroatoms. The van der Waals surface area contributed by atoms with E-state index in [9.17, 15) is 0 Å². The summed E-state index contributed by atoms with van der Waals surface area (Å²) in [5.41, 5.74) is 0. The van der Waals surface area contributed by atoms with Crippen LogP contribution in [0.2, 0.25) is 0 Å². The number of hydrogen-bond donors (Lipinski definition) is 1. The highest BCUT2D eigenvalue weighted by Crippen LogP contribution is 2.25. The van der Waals surface area contributed by atoms with Gasteiger partial charge < -0.3 is 5.32 Å². The summed E-state index contributed by atoms with van der Waals surface area (Å²) in [6.45, 7) is 2.94. The SMILES string of the molecule is CC(C#N)NCC1CCC1. The molecule has 1 saturated carbocycles. The summed E-state index contributed by atoms with van der Waals surface area (Å²) in [5, 5.41) is 11.6. The molecule has 1 aliphatic rings. The molecule has 0 aromatic rings. The largest absolute Gasteiger partial charge is 0.302 e. The quantitative estimate of drug-likeness (QED) is 0.637. The molecule has 0 aliphatic heterocycles. The van der Waals surface area contributed by atoms with Gasteiger partial charge in [-0.05, 0) is 32.2 Å². The zero-order valence-corrected chi connectivity index (χ0v) is 6.43. The molecule has 1 atom stereocenters. The fraction of sp³-hybridized carbons (Fsp3) is 0.875. The van der Waals surface area contributed by atoms with Crippen molar-refractivity contribution in [3.63, 3.8) is 0 Å². The van der Waals surface area contributed by atoms with Crippen LogP contribution in [0.25, 0.3) is 0 Å². The van der Waals surface area contributed by atoms with Crippen molar-refractivity contribution in [2.24, 2.45) is 5.92 Å². The summed E-state index contributed by atoms with van der Waals surface area (Å²) < 4.78 is 0. The summed E-state index contributed by atoms with van der Waals surface area (Å²) in [6.07, 6.45) is 4.09. The first kappa shape index (κ1) is 7.56. The molecule has 1 unspecified atom stereocenters. The highest BCUT2D eigenvalue weighted by atomic mass is 14.9. The van der Waals surface area contributed by atoms with Crippen molar-refractivity contribution in [1.29, 1.82) is 5.26 Å². The van der Waals surface area contributed by atoms with Crippen LogP contribution in [0.1, 0.15) is 26.2 Å². The van der Waals surface area contributed by atoms with Crippen LogP contribution in [-0.2, 0) is 0 Å². The van der Waals surface area contributed by atoms with Crippen LogP contribution >= 0.6 is 0 Å². The Labute approximate surface area is 62.2 Å². The van der Waals surface area contributed by atoms with E-state index in [1.807, 2.05) is 6.92 Å². The van der Waals surface area contributed by atoms with E-state index >= 15 is 0 Å². The number of nitrogens with zero attached hydrogens (tertiary/aromatic N) is 1. The van der Waals surface area contributed by atoms with Crippen LogP contribution in [-0.4, -0.2) is 12.6 Å². The molecular weight excluding hydrogens is 124 g/mol. The predicted molar refractivity (Wildman–Crippen MR) is 40.4 cm³/mol. The molecule has 0 saturated heterocycles. The highest BCUT2D eigenvalue weighted by Gasteiger charge is 2.17. The molecule has 0 amide bonds. The summed E-state index contributed by atoms with van der Waals surface area (Å²) in [7, 11) is 0. The summed E-state index contributed by atoms with van der Waals surface area (Å²) in [5.74, 6) is 0.857. The van der Waals surface area contributed by atoms with Gasteiger partial charge in [-0.2, -0.15) is 5.26 Å². The standard InChI is InChI=1S/C8H14N2/c1-7(5-9)10-6-8-3-2-4-8/h7-8,10H,2-4,6H2,1H3. The predicted octanol–water partition coefficient (Wildman–Crippen LogP) is 1.29. The van der Waals surface area contributed by atoms with Gasteiger partial charge >= 0.3 is 0 Å². The van der Waals surface area contributed by atoms with Gasteiger partial charge in [-0.25, -0.2) is 0 Å². The zero-order valence-electron chi connectivity index (χ0n) is 6.43. The fourth-order valence-electron chi connectivity index (χ4n) is 1.09. The van der Waals surface area contributed by atoms with Gasteiger partial charge in [0.2, 0.25) is 0 Å². The summed E-state index contributed by atoms with van der Waals surface area (Å²) >= 11 is 0. The number of rotatable bonds is 3. The van der Waals surface area contributed by atoms with Gasteiger partial charge in [0.05, 0.1) is 12.1 Å². The van der Waals surface area contributed by atoms with E-state index < -0.39 is 0 Å². The molecule has 56 valence electrons. The average molecular weight is 138 g/mol. The second-order valence-corrected chi connectivity index (χ2v) is 3.06. The van der Waals surface area contributed by atoms with Crippen LogP contribution in [0, 0.1) is 17.2 Å². The van der Waals surface area contributed by atoms with Crippen LogP contribution in [0.4, 0.5) is 0 Å². The van der Waals surface area contributed by atoms with Crippen LogP contribution < -0.4 is 5.32 Å². The first-order valence-electron chi connectivity index (χ1n) is 3.96. The average Bonchev–Trinajstić information content (AvgIpc) is 1.84. The van der Waals surface area contributed by atoms with Crippen molar-refractivity contribution in [3.05, 3.63) is 0 Å². The summed E-state index contributed by atoms with van der Waals surface area (Å²) in [4.78, 5) is 0.